The summed E-state index contributed by atoms with van der Waals surface area (Å²) in [5, 5.41) is 4.06. The largest absolute Gasteiger partial charge is 0.497 e. The van der Waals surface area contributed by atoms with Gasteiger partial charge in [0.05, 0.1) is 12.6 Å². The van der Waals surface area contributed by atoms with Gasteiger partial charge in [0, 0.05) is 34.8 Å². The molecule has 0 amide bonds. The van der Waals surface area contributed by atoms with Gasteiger partial charge in [0.25, 0.3) is 10.0 Å². The molecule has 0 saturated heterocycles. The van der Waals surface area contributed by atoms with E-state index < -0.39 is 10.0 Å². The Hall–Kier alpha value is -2.03. The van der Waals surface area contributed by atoms with Gasteiger partial charge in [0.15, 0.2) is 0 Å². The van der Waals surface area contributed by atoms with Crippen molar-refractivity contribution in [2.75, 3.05) is 39.6 Å². The fourth-order valence-corrected chi connectivity index (χ4v) is 5.08. The second kappa shape index (κ2) is 7.92. The van der Waals surface area contributed by atoms with Crippen LogP contribution in [0.15, 0.2) is 58.0 Å². The SMILES string of the molecule is COc1ccc2c(ccn2S(=O)(=O)c2cc(NCCN(C)C)ccc2Br)c1. The zero-order chi connectivity index (χ0) is 19.6. The molecule has 0 aliphatic rings. The first kappa shape index (κ1) is 19.7. The molecule has 27 heavy (non-hydrogen) atoms. The molecule has 0 aliphatic heterocycles. The molecule has 3 aromatic rings. The number of halogens is 1. The highest BCUT2D eigenvalue weighted by molar-refractivity contribution is 9.10. The lowest BCUT2D eigenvalue weighted by Crippen LogP contribution is -2.21. The van der Waals surface area contributed by atoms with Gasteiger partial charge in [-0.2, -0.15) is 0 Å². The molecule has 2 aromatic carbocycles. The van der Waals surface area contributed by atoms with Crippen molar-refractivity contribution in [2.24, 2.45) is 0 Å². The molecule has 1 heterocycles. The Kier molecular flexibility index (Phi) is 5.78. The number of nitrogens with one attached hydrogen (secondary N) is 1. The molecule has 6 nitrogen and oxygen atoms in total. The number of ether oxygens (including phenoxy) is 1. The van der Waals surface area contributed by atoms with E-state index in [-0.39, 0.29) is 4.90 Å². The summed E-state index contributed by atoms with van der Waals surface area (Å²) in [6.45, 7) is 1.57. The van der Waals surface area contributed by atoms with Crippen molar-refractivity contribution >= 4 is 42.5 Å². The highest BCUT2D eigenvalue weighted by Crippen LogP contribution is 2.30. The summed E-state index contributed by atoms with van der Waals surface area (Å²) in [5.41, 5.74) is 1.37. The summed E-state index contributed by atoms with van der Waals surface area (Å²) in [6, 6.07) is 12.3. The second-order valence-corrected chi connectivity index (χ2v) is 9.05. The fraction of sp³-hybridized carbons (Fsp3) is 0.263. The third-order valence-electron chi connectivity index (χ3n) is 4.22. The third-order valence-corrected chi connectivity index (χ3v) is 6.90. The Labute approximate surface area is 167 Å². The van der Waals surface area contributed by atoms with Gasteiger partial charge in [-0.3, -0.25) is 0 Å². The van der Waals surface area contributed by atoms with Crippen molar-refractivity contribution < 1.29 is 13.2 Å². The van der Waals surface area contributed by atoms with Gasteiger partial charge in [-0.1, -0.05) is 0 Å². The number of nitrogens with zero attached hydrogens (tertiary/aromatic N) is 2. The van der Waals surface area contributed by atoms with E-state index in [0.717, 1.165) is 24.2 Å². The van der Waals surface area contributed by atoms with E-state index in [1.807, 2.05) is 26.2 Å². The van der Waals surface area contributed by atoms with Gasteiger partial charge in [0.2, 0.25) is 0 Å². The summed E-state index contributed by atoms with van der Waals surface area (Å²) in [6.07, 6.45) is 1.57. The van der Waals surface area contributed by atoms with Crippen LogP contribution in [0.3, 0.4) is 0 Å². The van der Waals surface area contributed by atoms with Crippen molar-refractivity contribution in [3.05, 3.63) is 53.1 Å². The van der Waals surface area contributed by atoms with Crippen LogP contribution in [0.1, 0.15) is 0 Å². The maximum Gasteiger partial charge on any atom is 0.269 e. The molecule has 0 spiro atoms. The van der Waals surface area contributed by atoms with E-state index in [1.54, 1.807) is 43.6 Å². The predicted octanol–water partition coefficient (Wildman–Crippen LogP) is 3.62. The molecule has 8 heteroatoms. The van der Waals surface area contributed by atoms with Crippen LogP contribution in [0.25, 0.3) is 10.9 Å². The number of fused-ring (bicyclic) bond motifs is 1. The number of hydrogen-bond donors (Lipinski definition) is 1. The van der Waals surface area contributed by atoms with Gasteiger partial charge in [0.1, 0.15) is 10.6 Å². The smallest absolute Gasteiger partial charge is 0.269 e. The van der Waals surface area contributed by atoms with Crippen LogP contribution in [-0.2, 0) is 10.0 Å². The highest BCUT2D eigenvalue weighted by atomic mass is 79.9. The fourth-order valence-electron chi connectivity index (χ4n) is 2.77. The number of rotatable bonds is 7. The van der Waals surface area contributed by atoms with Crippen molar-refractivity contribution in [3.8, 4) is 5.75 Å². The number of aromatic nitrogens is 1. The van der Waals surface area contributed by atoms with Crippen molar-refractivity contribution in [2.45, 2.75) is 4.90 Å². The second-order valence-electron chi connectivity index (χ2n) is 6.42. The number of hydrogen-bond acceptors (Lipinski definition) is 5. The number of benzene rings is 2. The lowest BCUT2D eigenvalue weighted by atomic mass is 10.2. The van der Waals surface area contributed by atoms with E-state index in [4.69, 9.17) is 4.74 Å². The first-order valence-corrected chi connectivity index (χ1v) is 10.6. The lowest BCUT2D eigenvalue weighted by Gasteiger charge is -2.14. The molecule has 3 rings (SSSR count). The Morgan fingerprint density at radius 1 is 1.15 bits per heavy atom. The molecule has 1 N–H and O–H groups in total. The van der Waals surface area contributed by atoms with Crippen LogP contribution in [0.4, 0.5) is 5.69 Å². The summed E-state index contributed by atoms with van der Waals surface area (Å²) >= 11 is 3.38. The van der Waals surface area contributed by atoms with Gasteiger partial charge in [-0.25, -0.2) is 12.4 Å². The molecule has 0 fully saturated rings. The minimum Gasteiger partial charge on any atom is -0.497 e. The average molecular weight is 452 g/mol. The minimum absolute atomic E-state index is 0.214. The number of methoxy groups -OCH3 is 1. The Bertz CT molecular complexity index is 1060. The third kappa shape index (κ3) is 4.12. The monoisotopic (exact) mass is 451 g/mol. The van der Waals surface area contributed by atoms with Gasteiger partial charge < -0.3 is 15.0 Å². The molecular weight excluding hydrogens is 430 g/mol. The van der Waals surface area contributed by atoms with Crippen LogP contribution in [0.5, 0.6) is 5.75 Å². The van der Waals surface area contributed by atoms with Crippen LogP contribution in [-0.4, -0.2) is 51.6 Å². The standard InChI is InChI=1S/C19H22BrN3O3S/c1-22(2)11-9-21-15-4-6-17(20)19(13-15)27(24,25)23-10-8-14-12-16(26-3)5-7-18(14)23/h4-8,10,12-13,21H,9,11H2,1-3H3. The maximum absolute atomic E-state index is 13.3. The highest BCUT2D eigenvalue weighted by Gasteiger charge is 2.22. The van der Waals surface area contributed by atoms with Crippen molar-refractivity contribution in [1.82, 2.24) is 8.87 Å². The van der Waals surface area contributed by atoms with Crippen LogP contribution >= 0.6 is 15.9 Å². The zero-order valence-electron chi connectivity index (χ0n) is 15.4. The van der Waals surface area contributed by atoms with Gasteiger partial charge in [-0.05, 0) is 72.5 Å². The van der Waals surface area contributed by atoms with Crippen LogP contribution in [0, 0.1) is 0 Å². The summed E-state index contributed by atoms with van der Waals surface area (Å²) in [7, 11) is 1.81. The molecule has 0 bridgehead atoms. The molecule has 0 atom stereocenters. The van der Waals surface area contributed by atoms with Gasteiger partial charge in [-0.15, -0.1) is 0 Å². The Balaban J connectivity index is 1.99. The zero-order valence-corrected chi connectivity index (χ0v) is 17.8. The maximum atomic E-state index is 13.3. The van der Waals surface area contributed by atoms with Crippen molar-refractivity contribution in [3.63, 3.8) is 0 Å². The molecule has 0 saturated carbocycles. The van der Waals surface area contributed by atoms with E-state index >= 15 is 0 Å². The average Bonchev–Trinajstić information content (AvgIpc) is 3.06. The number of likely N-dealkylation sites (N-methyl/N-ethyl adjacent to an activating group) is 1. The molecule has 0 aliphatic carbocycles. The molecular formula is C19H22BrN3O3S. The lowest BCUT2D eigenvalue weighted by molar-refractivity contribution is 0.415. The summed E-state index contributed by atoms with van der Waals surface area (Å²) < 4.78 is 33.6. The quantitative estimate of drug-likeness (QED) is 0.594. The molecule has 144 valence electrons. The van der Waals surface area contributed by atoms with E-state index in [0.29, 0.717) is 15.7 Å². The predicted molar refractivity (Wildman–Crippen MR) is 112 cm³/mol. The topological polar surface area (TPSA) is 63.6 Å². The molecule has 1 aromatic heterocycles. The first-order valence-electron chi connectivity index (χ1n) is 8.42. The summed E-state index contributed by atoms with van der Waals surface area (Å²) in [5.74, 6) is 0.686. The van der Waals surface area contributed by atoms with Crippen LogP contribution in [0.2, 0.25) is 0 Å². The minimum atomic E-state index is -3.76. The Morgan fingerprint density at radius 3 is 2.63 bits per heavy atom. The van der Waals surface area contributed by atoms with Crippen LogP contribution < -0.4 is 10.1 Å². The van der Waals surface area contributed by atoms with Gasteiger partial charge >= 0.3 is 0 Å². The van der Waals surface area contributed by atoms with E-state index in [2.05, 4.69) is 26.1 Å². The summed E-state index contributed by atoms with van der Waals surface area (Å²) in [4.78, 5) is 2.27. The Morgan fingerprint density at radius 2 is 1.93 bits per heavy atom. The van der Waals surface area contributed by atoms with E-state index in [1.165, 1.54) is 3.97 Å². The first-order chi connectivity index (χ1) is 12.8. The van der Waals surface area contributed by atoms with E-state index in [9.17, 15) is 8.42 Å². The molecule has 0 radical (unpaired) electrons. The van der Waals surface area contributed by atoms with Crippen molar-refractivity contribution in [1.29, 1.82) is 0 Å². The normalized spacial score (nSPS) is 11.9. The number of anilines is 1. The molecule has 0 unspecified atom stereocenters.